The number of rotatable bonds is 5. The molecule has 0 aromatic carbocycles. The fourth-order valence-electron chi connectivity index (χ4n) is 1.84. The molecule has 2 atom stereocenters. The van der Waals surface area contributed by atoms with Crippen molar-refractivity contribution in [3.8, 4) is 0 Å². The maximum atomic E-state index is 9.90. The van der Waals surface area contributed by atoms with Gasteiger partial charge in [0.25, 0.3) is 0 Å². The Labute approximate surface area is 104 Å². The standard InChI is InChI=1S/C14H24N2O/c1-11(12-6-5-7-15-9-12)16-10-13(17)8-14(2,3)4/h5-7,9,11,13,16-17H,8,10H2,1-4H3. The molecule has 96 valence electrons. The minimum Gasteiger partial charge on any atom is -0.392 e. The lowest BCUT2D eigenvalue weighted by atomic mass is 9.89. The summed E-state index contributed by atoms with van der Waals surface area (Å²) in [5, 5.41) is 13.2. The van der Waals surface area contributed by atoms with E-state index < -0.39 is 0 Å². The first-order valence-corrected chi connectivity index (χ1v) is 6.20. The van der Waals surface area contributed by atoms with Crippen molar-refractivity contribution in [2.24, 2.45) is 5.41 Å². The SMILES string of the molecule is CC(NCC(O)CC(C)(C)C)c1cccnc1. The molecule has 3 heteroatoms. The average molecular weight is 236 g/mol. The van der Waals surface area contributed by atoms with Crippen molar-refractivity contribution in [3.63, 3.8) is 0 Å². The second kappa shape index (κ2) is 6.12. The molecule has 2 N–H and O–H groups in total. The van der Waals surface area contributed by atoms with Crippen LogP contribution >= 0.6 is 0 Å². The van der Waals surface area contributed by atoms with Crippen molar-refractivity contribution >= 4 is 0 Å². The zero-order valence-electron chi connectivity index (χ0n) is 11.3. The summed E-state index contributed by atoms with van der Waals surface area (Å²) in [5.74, 6) is 0. The number of hydrogen-bond donors (Lipinski definition) is 2. The van der Waals surface area contributed by atoms with Gasteiger partial charge in [-0.1, -0.05) is 26.8 Å². The highest BCUT2D eigenvalue weighted by Gasteiger charge is 2.17. The van der Waals surface area contributed by atoms with Crippen LogP contribution in [0, 0.1) is 5.41 Å². The third kappa shape index (κ3) is 5.80. The lowest BCUT2D eigenvalue weighted by molar-refractivity contribution is 0.117. The first kappa shape index (κ1) is 14.1. The molecule has 0 saturated carbocycles. The molecular formula is C14H24N2O. The summed E-state index contributed by atoms with van der Waals surface area (Å²) in [5.41, 5.74) is 1.31. The van der Waals surface area contributed by atoms with Gasteiger partial charge in [-0.15, -0.1) is 0 Å². The van der Waals surface area contributed by atoms with Crippen molar-refractivity contribution < 1.29 is 5.11 Å². The molecule has 0 aliphatic rings. The number of hydrogen-bond acceptors (Lipinski definition) is 3. The van der Waals surface area contributed by atoms with E-state index in [1.54, 1.807) is 6.20 Å². The molecule has 0 radical (unpaired) electrons. The first-order chi connectivity index (χ1) is 7.88. The van der Waals surface area contributed by atoms with E-state index in [1.807, 2.05) is 18.3 Å². The van der Waals surface area contributed by atoms with Gasteiger partial charge in [0.05, 0.1) is 6.10 Å². The van der Waals surface area contributed by atoms with Crippen molar-refractivity contribution in [1.82, 2.24) is 10.3 Å². The third-order valence-electron chi connectivity index (χ3n) is 2.69. The number of aliphatic hydroxyl groups excluding tert-OH is 1. The molecule has 3 nitrogen and oxygen atoms in total. The lowest BCUT2D eigenvalue weighted by Crippen LogP contribution is -2.31. The molecule has 0 aliphatic heterocycles. The van der Waals surface area contributed by atoms with Gasteiger partial charge in [-0.05, 0) is 30.4 Å². The van der Waals surface area contributed by atoms with Gasteiger partial charge in [-0.3, -0.25) is 4.98 Å². The fourth-order valence-corrected chi connectivity index (χ4v) is 1.84. The van der Waals surface area contributed by atoms with Crippen LogP contribution in [0.15, 0.2) is 24.5 Å². The molecule has 17 heavy (non-hydrogen) atoms. The Morgan fingerprint density at radius 3 is 2.65 bits per heavy atom. The van der Waals surface area contributed by atoms with Gasteiger partial charge < -0.3 is 10.4 Å². The first-order valence-electron chi connectivity index (χ1n) is 6.20. The summed E-state index contributed by atoms with van der Waals surface area (Å²) < 4.78 is 0. The van der Waals surface area contributed by atoms with E-state index in [2.05, 4.69) is 38.0 Å². The largest absolute Gasteiger partial charge is 0.392 e. The third-order valence-corrected chi connectivity index (χ3v) is 2.69. The second-order valence-corrected chi connectivity index (χ2v) is 5.83. The van der Waals surface area contributed by atoms with E-state index in [-0.39, 0.29) is 17.6 Å². The topological polar surface area (TPSA) is 45.1 Å². The molecule has 1 heterocycles. The summed E-state index contributed by atoms with van der Waals surface area (Å²) in [6, 6.07) is 4.19. The van der Waals surface area contributed by atoms with Crippen LogP contribution in [0.5, 0.6) is 0 Å². The number of pyridine rings is 1. The van der Waals surface area contributed by atoms with E-state index in [4.69, 9.17) is 0 Å². The lowest BCUT2D eigenvalue weighted by Gasteiger charge is -2.24. The fraction of sp³-hybridized carbons (Fsp3) is 0.643. The smallest absolute Gasteiger partial charge is 0.0669 e. The summed E-state index contributed by atoms with van der Waals surface area (Å²) >= 11 is 0. The van der Waals surface area contributed by atoms with E-state index in [1.165, 1.54) is 0 Å². The Hall–Kier alpha value is -0.930. The van der Waals surface area contributed by atoms with Gasteiger partial charge in [0.1, 0.15) is 0 Å². The van der Waals surface area contributed by atoms with Crippen molar-refractivity contribution in [1.29, 1.82) is 0 Å². The molecule has 1 aromatic heterocycles. The summed E-state index contributed by atoms with van der Waals surface area (Å²) in [6.45, 7) is 9.12. The maximum absolute atomic E-state index is 9.90. The van der Waals surface area contributed by atoms with Crippen LogP contribution in [0.2, 0.25) is 0 Å². The summed E-state index contributed by atoms with van der Waals surface area (Å²) in [6.07, 6.45) is 4.13. The highest BCUT2D eigenvalue weighted by molar-refractivity contribution is 5.12. The molecule has 0 bridgehead atoms. The van der Waals surface area contributed by atoms with Gasteiger partial charge >= 0.3 is 0 Å². The minimum atomic E-state index is -0.297. The van der Waals surface area contributed by atoms with Crippen molar-refractivity contribution in [2.45, 2.75) is 46.3 Å². The molecule has 2 unspecified atom stereocenters. The highest BCUT2D eigenvalue weighted by atomic mass is 16.3. The van der Waals surface area contributed by atoms with Gasteiger partial charge in [-0.25, -0.2) is 0 Å². The maximum Gasteiger partial charge on any atom is 0.0669 e. The average Bonchev–Trinajstić information content (AvgIpc) is 2.25. The molecule has 0 amide bonds. The van der Waals surface area contributed by atoms with Crippen LogP contribution in [0.4, 0.5) is 0 Å². The Morgan fingerprint density at radius 2 is 2.12 bits per heavy atom. The monoisotopic (exact) mass is 236 g/mol. The Balaban J connectivity index is 2.36. The van der Waals surface area contributed by atoms with Crippen molar-refractivity contribution in [3.05, 3.63) is 30.1 Å². The predicted molar refractivity (Wildman–Crippen MR) is 70.7 cm³/mol. The van der Waals surface area contributed by atoms with E-state index >= 15 is 0 Å². The molecule has 0 spiro atoms. The summed E-state index contributed by atoms with van der Waals surface area (Å²) in [7, 11) is 0. The van der Waals surface area contributed by atoms with Crippen molar-refractivity contribution in [2.75, 3.05) is 6.54 Å². The van der Waals surface area contributed by atoms with Gasteiger partial charge in [0.2, 0.25) is 0 Å². The zero-order valence-corrected chi connectivity index (χ0v) is 11.3. The molecule has 0 fully saturated rings. The number of aliphatic hydroxyl groups is 1. The molecule has 1 rings (SSSR count). The van der Waals surface area contributed by atoms with Crippen LogP contribution in [-0.2, 0) is 0 Å². The predicted octanol–water partition coefficient (Wildman–Crippen LogP) is 2.53. The highest BCUT2D eigenvalue weighted by Crippen LogP contribution is 2.20. The molecular weight excluding hydrogens is 212 g/mol. The Kier molecular flexibility index (Phi) is 5.09. The quantitative estimate of drug-likeness (QED) is 0.825. The van der Waals surface area contributed by atoms with Crippen LogP contribution in [0.25, 0.3) is 0 Å². The number of nitrogens with zero attached hydrogens (tertiary/aromatic N) is 1. The number of aromatic nitrogens is 1. The van der Waals surface area contributed by atoms with E-state index in [0.717, 1.165) is 12.0 Å². The van der Waals surface area contributed by atoms with Crippen LogP contribution < -0.4 is 5.32 Å². The van der Waals surface area contributed by atoms with Gasteiger partial charge in [0, 0.05) is 25.0 Å². The van der Waals surface area contributed by atoms with Gasteiger partial charge in [-0.2, -0.15) is 0 Å². The molecule has 0 aliphatic carbocycles. The minimum absolute atomic E-state index is 0.165. The second-order valence-electron chi connectivity index (χ2n) is 5.83. The Morgan fingerprint density at radius 1 is 1.41 bits per heavy atom. The molecule has 0 saturated heterocycles. The normalized spacial score (nSPS) is 15.6. The van der Waals surface area contributed by atoms with E-state index in [9.17, 15) is 5.11 Å². The summed E-state index contributed by atoms with van der Waals surface area (Å²) in [4.78, 5) is 4.09. The van der Waals surface area contributed by atoms with Gasteiger partial charge in [0.15, 0.2) is 0 Å². The molecule has 1 aromatic rings. The Bertz CT molecular complexity index is 319. The zero-order chi connectivity index (χ0) is 12.9. The van der Waals surface area contributed by atoms with Crippen LogP contribution in [0.1, 0.15) is 45.7 Å². The number of nitrogens with one attached hydrogen (secondary N) is 1. The van der Waals surface area contributed by atoms with Crippen LogP contribution in [0.3, 0.4) is 0 Å². The van der Waals surface area contributed by atoms with E-state index in [0.29, 0.717) is 6.54 Å². The van der Waals surface area contributed by atoms with Crippen LogP contribution in [-0.4, -0.2) is 22.7 Å².